The van der Waals surface area contributed by atoms with Gasteiger partial charge in [-0.2, -0.15) is 0 Å². The molecule has 0 radical (unpaired) electrons. The van der Waals surface area contributed by atoms with E-state index in [-0.39, 0.29) is 0 Å². The van der Waals surface area contributed by atoms with Gasteiger partial charge in [0.05, 0.1) is 8.07 Å². The van der Waals surface area contributed by atoms with Crippen molar-refractivity contribution in [3.05, 3.63) is 24.3 Å². The second-order valence-corrected chi connectivity index (χ2v) is 15.1. The molecule has 0 saturated carbocycles. The first kappa shape index (κ1) is 29.5. The van der Waals surface area contributed by atoms with Gasteiger partial charge < -0.3 is 0 Å². The summed E-state index contributed by atoms with van der Waals surface area (Å²) in [5.74, 6) is 27.1. The highest BCUT2D eigenvalue weighted by Crippen LogP contribution is 2.43. The average molecular weight is 443 g/mol. The van der Waals surface area contributed by atoms with E-state index in [9.17, 15) is 0 Å². The molecular weight excluding hydrogens is 400 g/mol. The van der Waals surface area contributed by atoms with Crippen molar-refractivity contribution in [2.45, 2.75) is 109 Å². The molecule has 0 N–H and O–H groups in total. The fourth-order valence-electron chi connectivity index (χ4n) is 4.23. The molecule has 0 aromatic carbocycles. The SMILES string of the molecule is C#C/C=C\CCCC/C=C\C#CC#CCCCC#CC#CC[Si](C(C)C)(C(C)C)C(C)C. The monoisotopic (exact) mass is 442 g/mol. The first-order chi connectivity index (χ1) is 15.4. The molecule has 0 nitrogen and oxygen atoms in total. The second kappa shape index (κ2) is 19.2. The molecule has 0 rings (SSSR count). The molecule has 0 spiro atoms. The van der Waals surface area contributed by atoms with Gasteiger partial charge >= 0.3 is 0 Å². The summed E-state index contributed by atoms with van der Waals surface area (Å²) >= 11 is 0. The minimum absolute atomic E-state index is 0.745. The summed E-state index contributed by atoms with van der Waals surface area (Å²) in [7, 11) is -1.43. The predicted octanol–water partition coefficient (Wildman–Crippen LogP) is 8.16. The molecule has 0 unspecified atom stereocenters. The Bertz CT molecular complexity index is 836. The van der Waals surface area contributed by atoms with Gasteiger partial charge in [0.1, 0.15) is 0 Å². The van der Waals surface area contributed by atoms with Crippen molar-refractivity contribution in [3.63, 3.8) is 0 Å². The summed E-state index contributed by atoms with van der Waals surface area (Å²) in [4.78, 5) is 0. The Morgan fingerprint density at radius 3 is 1.69 bits per heavy atom. The van der Waals surface area contributed by atoms with Crippen molar-refractivity contribution >= 4 is 8.07 Å². The Labute approximate surface area is 201 Å². The minimum atomic E-state index is -1.43. The van der Waals surface area contributed by atoms with Crippen molar-refractivity contribution in [2.75, 3.05) is 0 Å². The normalized spacial score (nSPS) is 10.8. The lowest BCUT2D eigenvalue weighted by Crippen LogP contribution is -2.43. The van der Waals surface area contributed by atoms with Gasteiger partial charge in [-0.05, 0) is 84.6 Å². The maximum absolute atomic E-state index is 5.16. The van der Waals surface area contributed by atoms with Crippen molar-refractivity contribution < 1.29 is 0 Å². The number of hydrogen-bond donors (Lipinski definition) is 0. The third-order valence-corrected chi connectivity index (χ3v) is 13.3. The van der Waals surface area contributed by atoms with E-state index in [1.165, 1.54) is 0 Å². The number of terminal acetylenes is 1. The van der Waals surface area contributed by atoms with Gasteiger partial charge in [0.25, 0.3) is 0 Å². The van der Waals surface area contributed by atoms with E-state index in [0.29, 0.717) is 0 Å². The van der Waals surface area contributed by atoms with Crippen LogP contribution in [0.25, 0.3) is 0 Å². The largest absolute Gasteiger partial charge is 0.115 e. The summed E-state index contributed by atoms with van der Waals surface area (Å²) in [6.45, 7) is 14.3. The minimum Gasteiger partial charge on any atom is -0.115 e. The van der Waals surface area contributed by atoms with Gasteiger partial charge in [-0.1, -0.05) is 83.3 Å². The molecular formula is C31H42Si. The van der Waals surface area contributed by atoms with Crippen LogP contribution in [0.5, 0.6) is 0 Å². The lowest BCUT2D eigenvalue weighted by atomic mass is 10.2. The zero-order valence-electron chi connectivity index (χ0n) is 21.3. The van der Waals surface area contributed by atoms with Crippen molar-refractivity contribution in [2.24, 2.45) is 0 Å². The second-order valence-electron chi connectivity index (χ2n) is 9.04. The van der Waals surface area contributed by atoms with Crippen molar-refractivity contribution in [1.82, 2.24) is 0 Å². The lowest BCUT2D eigenvalue weighted by molar-refractivity contribution is 0.762. The molecule has 0 aliphatic heterocycles. The smallest absolute Gasteiger partial charge is 0.0740 e. The van der Waals surface area contributed by atoms with Gasteiger partial charge in [0.2, 0.25) is 0 Å². The van der Waals surface area contributed by atoms with Crippen molar-refractivity contribution in [3.8, 4) is 59.7 Å². The average Bonchev–Trinajstić information content (AvgIpc) is 2.74. The molecule has 0 atom stereocenters. The van der Waals surface area contributed by atoms with Crippen LogP contribution in [0.4, 0.5) is 0 Å². The van der Waals surface area contributed by atoms with Gasteiger partial charge in [0.15, 0.2) is 0 Å². The first-order valence-electron chi connectivity index (χ1n) is 12.1. The van der Waals surface area contributed by atoms with Crippen LogP contribution in [0.15, 0.2) is 24.3 Å². The molecule has 32 heavy (non-hydrogen) atoms. The van der Waals surface area contributed by atoms with Crippen LogP contribution >= 0.6 is 0 Å². The maximum Gasteiger partial charge on any atom is 0.0740 e. The molecule has 0 aliphatic carbocycles. The van der Waals surface area contributed by atoms with E-state index in [4.69, 9.17) is 6.42 Å². The number of hydrogen-bond acceptors (Lipinski definition) is 0. The van der Waals surface area contributed by atoms with Crippen LogP contribution < -0.4 is 0 Å². The first-order valence-corrected chi connectivity index (χ1v) is 14.5. The molecule has 170 valence electrons. The summed E-state index contributed by atoms with van der Waals surface area (Å²) in [5, 5.41) is 0. The van der Waals surface area contributed by atoms with Gasteiger partial charge in [0, 0.05) is 18.9 Å². The molecule has 1 heteroatoms. The highest BCUT2D eigenvalue weighted by atomic mass is 28.3. The summed E-state index contributed by atoms with van der Waals surface area (Å²) in [6.07, 6.45) is 20.0. The van der Waals surface area contributed by atoms with Crippen molar-refractivity contribution in [1.29, 1.82) is 0 Å². The zero-order valence-corrected chi connectivity index (χ0v) is 22.3. The van der Waals surface area contributed by atoms with Crippen LogP contribution in [0.3, 0.4) is 0 Å². The Balaban J connectivity index is 4.16. The number of rotatable bonds is 11. The molecule has 0 bridgehead atoms. The third kappa shape index (κ3) is 13.0. The summed E-state index contributed by atoms with van der Waals surface area (Å²) in [6, 6.07) is 1.05. The topological polar surface area (TPSA) is 0 Å². The van der Waals surface area contributed by atoms with Crippen LogP contribution in [0.1, 0.15) is 86.5 Å². The Morgan fingerprint density at radius 2 is 1.16 bits per heavy atom. The lowest BCUT2D eigenvalue weighted by Gasteiger charge is -2.41. The van der Waals surface area contributed by atoms with E-state index < -0.39 is 8.07 Å². The maximum atomic E-state index is 5.16. The molecule has 0 amide bonds. The molecule has 0 heterocycles. The Morgan fingerprint density at radius 1 is 0.656 bits per heavy atom. The van der Waals surface area contributed by atoms with E-state index in [2.05, 4.69) is 101 Å². The van der Waals surface area contributed by atoms with E-state index in [1.54, 1.807) is 6.08 Å². The Kier molecular flexibility index (Phi) is 17.7. The third-order valence-electron chi connectivity index (χ3n) is 6.09. The van der Waals surface area contributed by atoms with Gasteiger partial charge in [-0.25, -0.2) is 0 Å². The fourth-order valence-corrected chi connectivity index (χ4v) is 9.85. The van der Waals surface area contributed by atoms with Gasteiger partial charge in [-0.15, -0.1) is 6.42 Å². The highest BCUT2D eigenvalue weighted by molar-refractivity contribution is 6.84. The summed E-state index contributed by atoms with van der Waals surface area (Å²) < 4.78 is 0. The highest BCUT2D eigenvalue weighted by Gasteiger charge is 2.41. The van der Waals surface area contributed by atoms with Gasteiger partial charge in [-0.3, -0.25) is 0 Å². The molecule has 0 aromatic rings. The van der Waals surface area contributed by atoms with Crippen LogP contribution in [-0.4, -0.2) is 8.07 Å². The molecule has 0 fully saturated rings. The van der Waals surface area contributed by atoms with Crippen LogP contribution in [-0.2, 0) is 0 Å². The quantitative estimate of drug-likeness (QED) is 0.172. The van der Waals surface area contributed by atoms with Crippen LogP contribution in [0.2, 0.25) is 22.7 Å². The predicted molar refractivity (Wildman–Crippen MR) is 146 cm³/mol. The van der Waals surface area contributed by atoms with E-state index >= 15 is 0 Å². The summed E-state index contributed by atoms with van der Waals surface area (Å²) in [5.41, 5.74) is 2.23. The Hall–Kier alpha value is -2.50. The fraction of sp³-hybridized carbons (Fsp3) is 0.548. The molecule has 0 saturated heterocycles. The molecule has 0 aliphatic rings. The standard InChI is InChI=1S/C31H42Si/c1-8-9-10-11-12-13-14-15-16-17-18-19-20-21-22-23-24-25-26-27-28-32(29(2)3,30(4)5)31(6)7/h1,9-10,15-16,29-31H,11-14,21-23,28H2,2-7H3/b10-9-,16-15-. The molecule has 0 aromatic heterocycles. The number of unbranched alkanes of at least 4 members (excludes halogenated alkanes) is 5. The zero-order chi connectivity index (χ0) is 24.1. The van der Waals surface area contributed by atoms with Crippen LogP contribution in [0, 0.1) is 59.7 Å². The van der Waals surface area contributed by atoms with E-state index in [0.717, 1.165) is 67.6 Å². The number of allylic oxidation sites excluding steroid dienone is 4. The van der Waals surface area contributed by atoms with E-state index in [1.807, 2.05) is 12.2 Å².